The van der Waals surface area contributed by atoms with Crippen molar-refractivity contribution >= 4 is 47.5 Å². The van der Waals surface area contributed by atoms with E-state index in [0.29, 0.717) is 4.90 Å². The number of fused-ring (bicyclic) bond motifs is 2. The molecule has 4 saturated heterocycles. The molecule has 6 aliphatic rings. The summed E-state index contributed by atoms with van der Waals surface area (Å²) >= 11 is 0. The SMILES string of the molecule is CC.CO[C@H]1OC(CO)[C@H](OC2OC(CO)C(O)[C@H](O)[C@@H]2N)C(O)[C@H]1N.CO[C@H]1OC(COC(=O)c2ccccc2)[C@H](OC2OC(COC(=O)c3ccccc3)C(O)[C@H](OC(=O)c3ccccc3)[C@@H]2N2C(=O)c3ccccc3C2=O)C(OC(=O)c2ccccc2)[C@H]1N1C(=O)c2ccccc2C1=O. The van der Waals surface area contributed by atoms with Gasteiger partial charge in [0, 0.05) is 14.2 Å². The Morgan fingerprint density at radius 2 is 0.725 bits per heavy atom. The molecule has 0 radical (unpaired) electrons. The number of esters is 4. The van der Waals surface area contributed by atoms with Gasteiger partial charge in [0.05, 0.1) is 69.8 Å². The topological polar surface area (TPSA) is 427 Å². The second-order valence-electron chi connectivity index (χ2n) is 23.8. The van der Waals surface area contributed by atoms with E-state index < -0.39 is 197 Å². The number of aliphatic hydroxyl groups excluding tert-OH is 6. The number of hydrogen-bond donors (Lipinski definition) is 8. The summed E-state index contributed by atoms with van der Waals surface area (Å²) < 4.78 is 71.2. The lowest BCUT2D eigenvalue weighted by Gasteiger charge is -2.51. The predicted octanol–water partition coefficient (Wildman–Crippen LogP) is 1.54. The second kappa shape index (κ2) is 34.2. The Balaban J connectivity index is 0.000000363. The van der Waals surface area contributed by atoms with Crippen LogP contribution in [0.3, 0.4) is 0 Å². The quantitative estimate of drug-likeness (QED) is 0.0305. The number of nitrogens with two attached hydrogens (primary N) is 2. The van der Waals surface area contributed by atoms with Crippen LogP contribution in [0.5, 0.6) is 0 Å². The first-order chi connectivity index (χ1) is 49.3. The standard InChI is InChI=1S/C57H46N2O17.C13H26N2O9.C2H6/c1-69-56-43(59-50(63)38-28-16-17-29-39(38)51(59)64)47(75-55(68)35-24-12-5-13-25-35)45(41(73-56)31-71-53(66)33-20-8-3-9-21-33)76-57-42(58-48(61)36-26-14-15-27-37(36)49(58)62)46(74-54(67)34-22-10-4-11-23-34)44(60)40(72-57)30-70-52(65)32-18-6-2-7-19-32;1-21-12-7(15)10(20)11(5(3-17)23-12)24-13-6(14)9(19)8(18)4(2-16)22-13;1-2/h2-29,40-47,56-57,60H,30-31H2,1H3;4-13,16-20H,2-3,14-15H2,1H3;1-2H3/t40?,41?,42-,43+,44?,45-,46+,47?,56-,57?;4?,5?,6-,7+,8?,9+,10?,11-,12-,13?;/m00./s1. The van der Waals surface area contributed by atoms with Gasteiger partial charge in [-0.05, 0) is 72.8 Å². The van der Waals surface area contributed by atoms with Crippen LogP contribution in [0, 0.1) is 0 Å². The third kappa shape index (κ3) is 15.9. The number of imide groups is 2. The molecule has 6 aromatic carbocycles. The van der Waals surface area contributed by atoms with Gasteiger partial charge in [-0.2, -0.15) is 0 Å². The molecule has 12 rings (SSSR count). The third-order valence-electron chi connectivity index (χ3n) is 17.7. The van der Waals surface area contributed by atoms with Gasteiger partial charge in [0.2, 0.25) is 0 Å². The lowest BCUT2D eigenvalue weighted by Crippen LogP contribution is -2.71. The van der Waals surface area contributed by atoms with Crippen molar-refractivity contribution in [1.29, 1.82) is 0 Å². The summed E-state index contributed by atoms with van der Waals surface area (Å²) in [6.45, 7) is 1.47. The first kappa shape index (κ1) is 75.5. The van der Waals surface area contributed by atoms with Crippen molar-refractivity contribution in [2.24, 2.45) is 11.5 Å². The molecule has 6 heterocycles. The summed E-state index contributed by atoms with van der Waals surface area (Å²) in [6, 6.07) is 37.0. The maximum absolute atomic E-state index is 14.7. The van der Waals surface area contributed by atoms with Gasteiger partial charge < -0.3 is 98.9 Å². The minimum atomic E-state index is -2.10. The molecule has 0 saturated carbocycles. The molecule has 10 unspecified atom stereocenters. The number of benzene rings is 6. The van der Waals surface area contributed by atoms with Gasteiger partial charge in [0.25, 0.3) is 23.6 Å². The third-order valence-corrected chi connectivity index (χ3v) is 17.7. The van der Waals surface area contributed by atoms with E-state index in [4.69, 9.17) is 68.3 Å². The molecule has 6 aromatic rings. The number of hydrogen-bond acceptors (Lipinski definition) is 28. The summed E-state index contributed by atoms with van der Waals surface area (Å²) in [4.78, 5) is 116. The fourth-order valence-corrected chi connectivity index (χ4v) is 12.5. The molecule has 0 aliphatic carbocycles. The Labute approximate surface area is 583 Å². The van der Waals surface area contributed by atoms with Crippen LogP contribution >= 0.6 is 0 Å². The summed E-state index contributed by atoms with van der Waals surface area (Å²) in [6.07, 6.45) is -24.2. The molecule has 0 spiro atoms. The van der Waals surface area contributed by atoms with Crippen molar-refractivity contribution in [3.05, 3.63) is 214 Å². The molecule has 4 fully saturated rings. The number of rotatable bonds is 20. The van der Waals surface area contributed by atoms with Gasteiger partial charge in [-0.15, -0.1) is 0 Å². The van der Waals surface area contributed by atoms with E-state index in [-0.39, 0.29) is 44.5 Å². The zero-order valence-corrected chi connectivity index (χ0v) is 55.4. The molecule has 30 nitrogen and oxygen atoms in total. The summed E-state index contributed by atoms with van der Waals surface area (Å²) in [7, 11) is 2.55. The van der Waals surface area contributed by atoms with Crippen molar-refractivity contribution in [3.63, 3.8) is 0 Å². The monoisotopic (exact) mass is 1410 g/mol. The van der Waals surface area contributed by atoms with Crippen molar-refractivity contribution in [3.8, 4) is 0 Å². The molecule has 20 atom stereocenters. The van der Waals surface area contributed by atoms with Crippen LogP contribution in [0.1, 0.15) is 96.7 Å². The smallest absolute Gasteiger partial charge is 0.338 e. The molecular formula is C72H78N4O26. The van der Waals surface area contributed by atoms with Crippen molar-refractivity contribution in [2.75, 3.05) is 40.6 Å². The Hall–Kier alpha value is -9.16. The lowest BCUT2D eigenvalue weighted by atomic mass is 9.92. The average molecular weight is 1420 g/mol. The van der Waals surface area contributed by atoms with E-state index in [2.05, 4.69) is 0 Å². The van der Waals surface area contributed by atoms with E-state index in [1.54, 1.807) is 84.9 Å². The molecule has 30 heteroatoms. The fraction of sp³-hybridized carbons (Fsp3) is 0.389. The number of nitrogens with zero attached hydrogens (tertiary/aromatic N) is 2. The normalized spacial score (nSPS) is 30.3. The minimum absolute atomic E-state index is 0.00173. The zero-order valence-electron chi connectivity index (χ0n) is 55.4. The highest BCUT2D eigenvalue weighted by Crippen LogP contribution is 2.41. The highest BCUT2D eigenvalue weighted by Gasteiger charge is 2.62. The summed E-state index contributed by atoms with van der Waals surface area (Å²) in [5.74, 6) is -7.24. The van der Waals surface area contributed by atoms with Gasteiger partial charge in [-0.25, -0.2) is 19.2 Å². The Morgan fingerprint density at radius 1 is 0.382 bits per heavy atom. The molecule has 102 heavy (non-hydrogen) atoms. The highest BCUT2D eigenvalue weighted by molar-refractivity contribution is 6.22. The van der Waals surface area contributed by atoms with Crippen LogP contribution in [0.15, 0.2) is 170 Å². The molecule has 6 aliphatic heterocycles. The van der Waals surface area contributed by atoms with E-state index >= 15 is 0 Å². The maximum Gasteiger partial charge on any atom is 0.338 e. The first-order valence-electron chi connectivity index (χ1n) is 32.6. The molecule has 4 amide bonds. The molecule has 542 valence electrons. The van der Waals surface area contributed by atoms with Gasteiger partial charge in [0.1, 0.15) is 86.3 Å². The lowest BCUT2D eigenvalue weighted by molar-refractivity contribution is -0.337. The van der Waals surface area contributed by atoms with E-state index in [1.165, 1.54) is 99.1 Å². The van der Waals surface area contributed by atoms with Crippen LogP contribution in [-0.2, 0) is 56.8 Å². The Bertz CT molecular complexity index is 3810. The number of carbonyl (C=O) groups excluding carboxylic acids is 8. The fourth-order valence-electron chi connectivity index (χ4n) is 12.5. The highest BCUT2D eigenvalue weighted by atomic mass is 16.8. The van der Waals surface area contributed by atoms with Gasteiger partial charge in [-0.1, -0.05) is 111 Å². The van der Waals surface area contributed by atoms with Crippen LogP contribution in [-0.4, -0.2) is 251 Å². The van der Waals surface area contributed by atoms with Gasteiger partial charge >= 0.3 is 23.9 Å². The number of ether oxygens (including phenoxy) is 12. The predicted molar refractivity (Wildman–Crippen MR) is 350 cm³/mol. The summed E-state index contributed by atoms with van der Waals surface area (Å²) in [5.41, 5.74) is 11.7. The Kier molecular flexibility index (Phi) is 25.3. The average Bonchev–Trinajstić information content (AvgIpc) is 1.52. The van der Waals surface area contributed by atoms with Gasteiger partial charge in [0.15, 0.2) is 37.4 Å². The first-order valence-corrected chi connectivity index (χ1v) is 32.6. The molecule has 10 N–H and O–H groups in total. The van der Waals surface area contributed by atoms with E-state index in [1.807, 2.05) is 13.8 Å². The molecule has 0 bridgehead atoms. The number of amides is 4. The number of methoxy groups -OCH3 is 2. The summed E-state index contributed by atoms with van der Waals surface area (Å²) in [5, 5.41) is 61.1. The maximum atomic E-state index is 14.7. The van der Waals surface area contributed by atoms with Crippen LogP contribution in [0.2, 0.25) is 0 Å². The van der Waals surface area contributed by atoms with E-state index in [9.17, 15) is 69.0 Å². The zero-order chi connectivity index (χ0) is 73.1. The second-order valence-corrected chi connectivity index (χ2v) is 23.8. The van der Waals surface area contributed by atoms with Crippen LogP contribution in [0.25, 0.3) is 0 Å². The van der Waals surface area contributed by atoms with Crippen LogP contribution < -0.4 is 11.5 Å². The number of carbonyl (C=O) groups is 8. The minimum Gasteiger partial charge on any atom is -0.459 e. The molecule has 0 aromatic heterocycles. The van der Waals surface area contributed by atoms with Crippen molar-refractivity contribution in [2.45, 2.75) is 136 Å². The van der Waals surface area contributed by atoms with Gasteiger partial charge in [-0.3, -0.25) is 29.0 Å². The number of aliphatic hydroxyl groups is 6. The van der Waals surface area contributed by atoms with Crippen molar-refractivity contribution in [1.82, 2.24) is 9.80 Å². The molecular weight excluding hydrogens is 1340 g/mol. The van der Waals surface area contributed by atoms with E-state index in [0.717, 1.165) is 4.90 Å². The van der Waals surface area contributed by atoms with Crippen molar-refractivity contribution < 1.29 is 126 Å². The Morgan fingerprint density at radius 3 is 1.15 bits per heavy atom. The van der Waals surface area contributed by atoms with Crippen LogP contribution in [0.4, 0.5) is 0 Å². The largest absolute Gasteiger partial charge is 0.459 e.